The maximum atomic E-state index is 12.4. The first-order valence-corrected chi connectivity index (χ1v) is 7.95. The van der Waals surface area contributed by atoms with Crippen LogP contribution in [0.1, 0.15) is 43.5 Å². The van der Waals surface area contributed by atoms with Crippen molar-refractivity contribution in [2.75, 3.05) is 11.9 Å². The summed E-state index contributed by atoms with van der Waals surface area (Å²) in [5.41, 5.74) is 1.63. The van der Waals surface area contributed by atoms with Crippen molar-refractivity contribution in [2.45, 2.75) is 52.0 Å². The Morgan fingerprint density at radius 2 is 1.86 bits per heavy atom. The van der Waals surface area contributed by atoms with Crippen molar-refractivity contribution in [2.24, 2.45) is 5.92 Å². The number of rotatable bonds is 3. The lowest BCUT2D eigenvalue weighted by atomic mass is 10.1. The van der Waals surface area contributed by atoms with E-state index in [0.717, 1.165) is 24.2 Å². The minimum Gasteiger partial charge on any atom is -0.339 e. The van der Waals surface area contributed by atoms with E-state index in [4.69, 9.17) is 0 Å². The van der Waals surface area contributed by atoms with Crippen LogP contribution in [0.15, 0.2) is 6.07 Å². The van der Waals surface area contributed by atoms with Crippen LogP contribution in [0.3, 0.4) is 0 Å². The zero-order valence-corrected chi connectivity index (χ0v) is 13.1. The van der Waals surface area contributed by atoms with Gasteiger partial charge in [-0.1, -0.05) is 12.8 Å². The molecule has 118 valence electrons. The van der Waals surface area contributed by atoms with Gasteiger partial charge in [0, 0.05) is 30.4 Å². The Bertz CT molecular complexity index is 576. The van der Waals surface area contributed by atoms with Crippen LogP contribution >= 0.6 is 0 Å². The number of carbonyl (C=O) groups is 2. The molecule has 1 N–H and O–H groups in total. The summed E-state index contributed by atoms with van der Waals surface area (Å²) in [6.07, 6.45) is 4.80. The SMILES string of the molecule is Cc1cc(C)nc(NC(=O)[C@H]2CC(=O)N(C3CCCC3)C2)n1. The van der Waals surface area contributed by atoms with E-state index in [2.05, 4.69) is 15.3 Å². The van der Waals surface area contributed by atoms with Crippen molar-refractivity contribution >= 4 is 17.8 Å². The topological polar surface area (TPSA) is 75.2 Å². The Morgan fingerprint density at radius 3 is 2.50 bits per heavy atom. The quantitative estimate of drug-likeness (QED) is 0.924. The van der Waals surface area contributed by atoms with E-state index in [-0.39, 0.29) is 17.7 Å². The van der Waals surface area contributed by atoms with Crippen LogP contribution in [0, 0.1) is 19.8 Å². The third-order valence-corrected chi connectivity index (χ3v) is 4.51. The van der Waals surface area contributed by atoms with Gasteiger partial charge in [-0.05, 0) is 32.8 Å². The Labute approximate surface area is 130 Å². The summed E-state index contributed by atoms with van der Waals surface area (Å²) in [7, 11) is 0. The molecule has 2 amide bonds. The largest absolute Gasteiger partial charge is 0.339 e. The summed E-state index contributed by atoms with van der Waals surface area (Å²) >= 11 is 0. The van der Waals surface area contributed by atoms with Crippen molar-refractivity contribution in [3.63, 3.8) is 0 Å². The molecule has 3 rings (SSSR count). The smallest absolute Gasteiger partial charge is 0.232 e. The third kappa shape index (κ3) is 3.10. The molecular formula is C16H22N4O2. The summed E-state index contributed by atoms with van der Waals surface area (Å²) in [5.74, 6) is -0.0148. The number of aryl methyl sites for hydroxylation is 2. The zero-order valence-electron chi connectivity index (χ0n) is 13.1. The third-order valence-electron chi connectivity index (χ3n) is 4.51. The Morgan fingerprint density at radius 1 is 1.23 bits per heavy atom. The zero-order chi connectivity index (χ0) is 15.7. The molecule has 1 aromatic heterocycles. The maximum Gasteiger partial charge on any atom is 0.232 e. The first kappa shape index (κ1) is 14.9. The standard InChI is InChI=1S/C16H22N4O2/c1-10-7-11(2)18-16(17-10)19-15(22)12-8-14(21)20(9-12)13-5-3-4-6-13/h7,12-13H,3-6,8-9H2,1-2H3,(H,17,18,19,22)/t12-/m0/s1. The Hall–Kier alpha value is -1.98. The molecule has 1 aromatic rings. The minimum atomic E-state index is -0.294. The van der Waals surface area contributed by atoms with Gasteiger partial charge >= 0.3 is 0 Å². The Kier molecular flexibility index (Phi) is 4.09. The van der Waals surface area contributed by atoms with Gasteiger partial charge in [0.15, 0.2) is 0 Å². The molecule has 1 aliphatic carbocycles. The predicted octanol–water partition coefficient (Wildman–Crippen LogP) is 1.82. The molecule has 0 spiro atoms. The lowest BCUT2D eigenvalue weighted by Crippen LogP contribution is -2.35. The van der Waals surface area contributed by atoms with Gasteiger partial charge in [0.25, 0.3) is 0 Å². The molecule has 0 aromatic carbocycles. The van der Waals surface area contributed by atoms with E-state index in [1.165, 1.54) is 12.8 Å². The highest BCUT2D eigenvalue weighted by Crippen LogP contribution is 2.29. The number of carbonyl (C=O) groups excluding carboxylic acids is 2. The molecule has 1 saturated carbocycles. The fraction of sp³-hybridized carbons (Fsp3) is 0.625. The average molecular weight is 302 g/mol. The van der Waals surface area contributed by atoms with Crippen molar-refractivity contribution in [1.29, 1.82) is 0 Å². The van der Waals surface area contributed by atoms with Gasteiger partial charge in [0.1, 0.15) is 0 Å². The number of likely N-dealkylation sites (tertiary alicyclic amines) is 1. The lowest BCUT2D eigenvalue weighted by Gasteiger charge is -2.23. The van der Waals surface area contributed by atoms with Crippen LogP contribution in [-0.2, 0) is 9.59 Å². The fourth-order valence-electron chi connectivity index (χ4n) is 3.47. The number of nitrogens with one attached hydrogen (secondary N) is 1. The molecule has 22 heavy (non-hydrogen) atoms. The lowest BCUT2D eigenvalue weighted by molar-refractivity contribution is -0.129. The number of hydrogen-bond acceptors (Lipinski definition) is 4. The van der Waals surface area contributed by atoms with Gasteiger partial charge in [-0.15, -0.1) is 0 Å². The molecule has 6 heteroatoms. The number of amides is 2. The highest BCUT2D eigenvalue weighted by atomic mass is 16.2. The van der Waals surface area contributed by atoms with Gasteiger partial charge in [-0.2, -0.15) is 0 Å². The number of nitrogens with zero attached hydrogens (tertiary/aromatic N) is 3. The number of hydrogen-bond donors (Lipinski definition) is 1. The molecule has 1 aliphatic heterocycles. The molecule has 2 fully saturated rings. The fourth-order valence-corrected chi connectivity index (χ4v) is 3.47. The van der Waals surface area contributed by atoms with Gasteiger partial charge in [0.2, 0.25) is 17.8 Å². The van der Waals surface area contributed by atoms with E-state index >= 15 is 0 Å². The molecule has 1 atom stereocenters. The first-order valence-electron chi connectivity index (χ1n) is 7.95. The molecular weight excluding hydrogens is 280 g/mol. The Balaban J connectivity index is 1.64. The van der Waals surface area contributed by atoms with Crippen LogP contribution < -0.4 is 5.32 Å². The van der Waals surface area contributed by atoms with E-state index in [0.29, 0.717) is 25.0 Å². The van der Waals surface area contributed by atoms with E-state index in [1.807, 2.05) is 24.8 Å². The molecule has 0 unspecified atom stereocenters. The van der Waals surface area contributed by atoms with Gasteiger partial charge < -0.3 is 4.90 Å². The number of anilines is 1. The van der Waals surface area contributed by atoms with Crippen LogP contribution in [0.2, 0.25) is 0 Å². The molecule has 2 heterocycles. The minimum absolute atomic E-state index is 0.105. The van der Waals surface area contributed by atoms with Crippen LogP contribution in [-0.4, -0.2) is 39.3 Å². The van der Waals surface area contributed by atoms with Gasteiger partial charge in [0.05, 0.1) is 5.92 Å². The summed E-state index contributed by atoms with van der Waals surface area (Å²) in [6.45, 7) is 4.26. The van der Waals surface area contributed by atoms with Crippen molar-refractivity contribution < 1.29 is 9.59 Å². The summed E-state index contributed by atoms with van der Waals surface area (Å²) < 4.78 is 0. The second-order valence-electron chi connectivity index (χ2n) is 6.35. The van der Waals surface area contributed by atoms with Crippen molar-refractivity contribution in [1.82, 2.24) is 14.9 Å². The second-order valence-corrected chi connectivity index (χ2v) is 6.35. The molecule has 0 bridgehead atoms. The summed E-state index contributed by atoms with van der Waals surface area (Å²) in [6, 6.07) is 2.19. The summed E-state index contributed by atoms with van der Waals surface area (Å²) in [4.78, 5) is 34.9. The van der Waals surface area contributed by atoms with E-state index in [1.54, 1.807) is 0 Å². The highest BCUT2D eigenvalue weighted by Gasteiger charge is 2.38. The van der Waals surface area contributed by atoms with Crippen LogP contribution in [0.25, 0.3) is 0 Å². The summed E-state index contributed by atoms with van der Waals surface area (Å²) in [5, 5.41) is 2.76. The molecule has 2 aliphatic rings. The molecule has 0 radical (unpaired) electrons. The first-order chi connectivity index (χ1) is 10.5. The molecule has 6 nitrogen and oxygen atoms in total. The maximum absolute atomic E-state index is 12.4. The van der Waals surface area contributed by atoms with Gasteiger partial charge in [-0.3, -0.25) is 14.9 Å². The normalized spacial score (nSPS) is 22.4. The van der Waals surface area contributed by atoms with Gasteiger partial charge in [-0.25, -0.2) is 9.97 Å². The van der Waals surface area contributed by atoms with Crippen LogP contribution in [0.4, 0.5) is 5.95 Å². The monoisotopic (exact) mass is 302 g/mol. The van der Waals surface area contributed by atoms with Crippen LogP contribution in [0.5, 0.6) is 0 Å². The second kappa shape index (κ2) is 6.02. The van der Waals surface area contributed by atoms with Crippen molar-refractivity contribution in [3.8, 4) is 0 Å². The van der Waals surface area contributed by atoms with E-state index < -0.39 is 0 Å². The highest BCUT2D eigenvalue weighted by molar-refractivity contribution is 5.96. The van der Waals surface area contributed by atoms with Crippen molar-refractivity contribution in [3.05, 3.63) is 17.5 Å². The predicted molar refractivity (Wildman–Crippen MR) is 82.2 cm³/mol. The average Bonchev–Trinajstić information content (AvgIpc) is 3.06. The molecule has 1 saturated heterocycles. The number of aromatic nitrogens is 2. The van der Waals surface area contributed by atoms with E-state index in [9.17, 15) is 9.59 Å².